The number of nitrogens with zero attached hydrogens (tertiary/aromatic N) is 2. The van der Waals surface area contributed by atoms with Crippen LogP contribution in [-0.2, 0) is 0 Å². The van der Waals surface area contributed by atoms with Gasteiger partial charge in [-0.2, -0.15) is 0 Å². The highest BCUT2D eigenvalue weighted by molar-refractivity contribution is 7.20. The molecule has 0 bridgehead atoms. The van der Waals surface area contributed by atoms with E-state index in [1.54, 1.807) is 6.20 Å². The van der Waals surface area contributed by atoms with Gasteiger partial charge >= 0.3 is 0 Å². The van der Waals surface area contributed by atoms with Crippen molar-refractivity contribution in [2.24, 2.45) is 0 Å². The maximum absolute atomic E-state index is 12.7. The van der Waals surface area contributed by atoms with Crippen molar-refractivity contribution >= 4 is 39.1 Å². The summed E-state index contributed by atoms with van der Waals surface area (Å²) in [5.74, 6) is 0.915. The van der Waals surface area contributed by atoms with E-state index in [-0.39, 0.29) is 12.0 Å². The summed E-state index contributed by atoms with van der Waals surface area (Å²) in [4.78, 5) is 19.7. The second kappa shape index (κ2) is 7.02. The largest absolute Gasteiger partial charge is 0.490 e. The number of carbonyl (C=O) groups is 1. The molecule has 0 saturated carbocycles. The number of aromatic nitrogens is 1. The molecule has 4 nitrogen and oxygen atoms in total. The highest BCUT2D eigenvalue weighted by atomic mass is 35.5. The third-order valence-electron chi connectivity index (χ3n) is 4.34. The summed E-state index contributed by atoms with van der Waals surface area (Å²) in [5, 5.41) is 0.700. The lowest BCUT2D eigenvalue weighted by molar-refractivity contribution is 0.0600. The molecule has 0 spiro atoms. The minimum atomic E-state index is 0.0907. The Balaban J connectivity index is 1.37. The highest BCUT2D eigenvalue weighted by Gasteiger charge is 2.25. The van der Waals surface area contributed by atoms with E-state index in [1.807, 2.05) is 47.4 Å². The van der Waals surface area contributed by atoms with Crippen LogP contribution >= 0.6 is 22.9 Å². The molecule has 1 saturated heterocycles. The number of halogens is 1. The second-order valence-electron chi connectivity index (χ2n) is 6.06. The van der Waals surface area contributed by atoms with Crippen molar-refractivity contribution in [3.8, 4) is 5.75 Å². The van der Waals surface area contributed by atoms with E-state index in [9.17, 15) is 4.79 Å². The van der Waals surface area contributed by atoms with Crippen LogP contribution in [0.3, 0.4) is 0 Å². The van der Waals surface area contributed by atoms with Gasteiger partial charge < -0.3 is 9.64 Å². The molecule has 25 heavy (non-hydrogen) atoms. The number of piperidine rings is 1. The van der Waals surface area contributed by atoms with Gasteiger partial charge in [-0.25, -0.2) is 0 Å². The van der Waals surface area contributed by atoms with Gasteiger partial charge in [-0.05, 0) is 42.5 Å². The van der Waals surface area contributed by atoms with Crippen molar-refractivity contribution in [2.75, 3.05) is 13.1 Å². The smallest absolute Gasteiger partial charge is 0.264 e. The first kappa shape index (κ1) is 16.4. The minimum Gasteiger partial charge on any atom is -0.490 e. The first-order valence-corrected chi connectivity index (χ1v) is 9.44. The molecule has 128 valence electrons. The molecule has 1 fully saturated rings. The number of likely N-dealkylation sites (tertiary alicyclic amines) is 1. The van der Waals surface area contributed by atoms with Crippen molar-refractivity contribution < 1.29 is 9.53 Å². The molecule has 4 rings (SSSR count). The number of carbonyl (C=O) groups excluding carboxylic acids is 1. The molecule has 2 aromatic heterocycles. The lowest BCUT2D eigenvalue weighted by atomic mass is 10.1. The SMILES string of the molecule is O=C(c1cc2ncccc2s1)N1CCC(Oc2ccc(Cl)cc2)CC1. The van der Waals surface area contributed by atoms with Crippen LogP contribution in [0.25, 0.3) is 10.2 Å². The first-order valence-electron chi connectivity index (χ1n) is 8.25. The van der Waals surface area contributed by atoms with Crippen LogP contribution in [0.4, 0.5) is 0 Å². The number of ether oxygens (including phenoxy) is 1. The molecule has 0 N–H and O–H groups in total. The van der Waals surface area contributed by atoms with Gasteiger partial charge in [0.05, 0.1) is 15.1 Å². The molecule has 0 unspecified atom stereocenters. The zero-order valence-corrected chi connectivity index (χ0v) is 15.1. The third-order valence-corrected chi connectivity index (χ3v) is 5.67. The Morgan fingerprint density at radius 1 is 1.20 bits per heavy atom. The fourth-order valence-electron chi connectivity index (χ4n) is 3.01. The highest BCUT2D eigenvalue weighted by Crippen LogP contribution is 2.27. The minimum absolute atomic E-state index is 0.0907. The molecule has 1 aliphatic rings. The van der Waals surface area contributed by atoms with Crippen molar-refractivity contribution in [1.82, 2.24) is 9.88 Å². The summed E-state index contributed by atoms with van der Waals surface area (Å²) in [6, 6.07) is 13.2. The maximum Gasteiger partial charge on any atom is 0.264 e. The third kappa shape index (κ3) is 3.62. The van der Waals surface area contributed by atoms with Crippen LogP contribution in [0.15, 0.2) is 48.7 Å². The summed E-state index contributed by atoms with van der Waals surface area (Å²) < 4.78 is 7.04. The fourth-order valence-corrected chi connectivity index (χ4v) is 4.13. The van der Waals surface area contributed by atoms with Crippen LogP contribution in [0.2, 0.25) is 5.02 Å². The predicted molar refractivity (Wildman–Crippen MR) is 101 cm³/mol. The number of hydrogen-bond donors (Lipinski definition) is 0. The molecular weight excluding hydrogens is 356 g/mol. The number of hydrogen-bond acceptors (Lipinski definition) is 4. The number of benzene rings is 1. The normalized spacial score (nSPS) is 15.5. The average Bonchev–Trinajstić information content (AvgIpc) is 3.08. The van der Waals surface area contributed by atoms with Gasteiger partial charge in [0.15, 0.2) is 0 Å². The Hall–Kier alpha value is -2.11. The average molecular weight is 373 g/mol. The van der Waals surface area contributed by atoms with Crippen LogP contribution in [0.1, 0.15) is 22.5 Å². The number of rotatable bonds is 3. The van der Waals surface area contributed by atoms with Crippen molar-refractivity contribution in [3.05, 3.63) is 58.6 Å². The van der Waals surface area contributed by atoms with Gasteiger partial charge in [0.1, 0.15) is 11.9 Å². The van der Waals surface area contributed by atoms with Crippen molar-refractivity contribution in [2.45, 2.75) is 18.9 Å². The number of fused-ring (bicyclic) bond motifs is 1. The number of pyridine rings is 1. The van der Waals surface area contributed by atoms with Crippen LogP contribution < -0.4 is 4.74 Å². The van der Waals surface area contributed by atoms with Crippen LogP contribution in [0, 0.1) is 0 Å². The topological polar surface area (TPSA) is 42.4 Å². The van der Waals surface area contributed by atoms with E-state index in [1.165, 1.54) is 11.3 Å². The Bertz CT molecular complexity index is 853. The van der Waals surface area contributed by atoms with Crippen LogP contribution in [0.5, 0.6) is 5.75 Å². The van der Waals surface area contributed by atoms with Gasteiger partial charge in [-0.1, -0.05) is 11.6 Å². The van der Waals surface area contributed by atoms with E-state index < -0.39 is 0 Å². The molecule has 3 heterocycles. The number of thiophene rings is 1. The molecule has 3 aromatic rings. The quantitative estimate of drug-likeness (QED) is 0.673. The van der Waals surface area contributed by atoms with Crippen LogP contribution in [-0.4, -0.2) is 35.0 Å². The summed E-state index contributed by atoms with van der Waals surface area (Å²) in [7, 11) is 0. The summed E-state index contributed by atoms with van der Waals surface area (Å²) in [6.45, 7) is 1.41. The lowest BCUT2D eigenvalue weighted by Crippen LogP contribution is -2.41. The molecular formula is C19H17ClN2O2S. The molecule has 6 heteroatoms. The first-order chi connectivity index (χ1) is 12.2. The van der Waals surface area contributed by atoms with E-state index >= 15 is 0 Å². The second-order valence-corrected chi connectivity index (χ2v) is 7.58. The van der Waals surface area contributed by atoms with E-state index in [0.29, 0.717) is 18.1 Å². The van der Waals surface area contributed by atoms with Gasteiger partial charge in [0, 0.05) is 37.2 Å². The zero-order valence-electron chi connectivity index (χ0n) is 13.5. The Morgan fingerprint density at radius 2 is 1.96 bits per heavy atom. The zero-order chi connectivity index (χ0) is 17.2. The van der Waals surface area contributed by atoms with E-state index in [0.717, 1.165) is 33.7 Å². The molecule has 1 aromatic carbocycles. The molecule has 0 aliphatic carbocycles. The van der Waals surface area contributed by atoms with E-state index in [2.05, 4.69) is 4.98 Å². The van der Waals surface area contributed by atoms with Crippen molar-refractivity contribution in [3.63, 3.8) is 0 Å². The summed E-state index contributed by atoms with van der Waals surface area (Å²) in [6.07, 6.45) is 3.55. The lowest BCUT2D eigenvalue weighted by Gasteiger charge is -2.32. The molecule has 0 radical (unpaired) electrons. The Kier molecular flexibility index (Phi) is 4.59. The standard InChI is InChI=1S/C19H17ClN2O2S/c20-13-3-5-14(6-4-13)24-15-7-10-22(11-8-15)19(23)18-12-16-17(25-18)2-1-9-21-16/h1-6,9,12,15H,7-8,10-11H2. The van der Waals surface area contributed by atoms with Crippen molar-refractivity contribution in [1.29, 1.82) is 0 Å². The summed E-state index contributed by atoms with van der Waals surface area (Å²) >= 11 is 7.40. The maximum atomic E-state index is 12.7. The molecule has 1 amide bonds. The summed E-state index contributed by atoms with van der Waals surface area (Å²) in [5.41, 5.74) is 0.886. The van der Waals surface area contributed by atoms with E-state index in [4.69, 9.17) is 16.3 Å². The van der Waals surface area contributed by atoms with Gasteiger partial charge in [0.25, 0.3) is 5.91 Å². The molecule has 0 atom stereocenters. The monoisotopic (exact) mass is 372 g/mol. The van der Waals surface area contributed by atoms with Gasteiger partial charge in [-0.15, -0.1) is 11.3 Å². The van der Waals surface area contributed by atoms with Gasteiger partial charge in [0.2, 0.25) is 0 Å². The number of amides is 1. The Labute approximate surface area is 155 Å². The Morgan fingerprint density at radius 3 is 2.68 bits per heavy atom. The molecule has 1 aliphatic heterocycles. The fraction of sp³-hybridized carbons (Fsp3) is 0.263. The van der Waals surface area contributed by atoms with Gasteiger partial charge in [-0.3, -0.25) is 9.78 Å². The predicted octanol–water partition coefficient (Wildman–Crippen LogP) is 4.63.